The Morgan fingerprint density at radius 1 is 1.40 bits per heavy atom. The Morgan fingerprint density at radius 2 is 2.16 bits per heavy atom. The molecule has 0 radical (unpaired) electrons. The number of amides is 2. The van der Waals surface area contributed by atoms with Crippen LogP contribution in [-0.4, -0.2) is 55.3 Å². The third-order valence-corrected chi connectivity index (χ3v) is 5.01. The number of morpholine rings is 1. The first-order valence-electron chi connectivity index (χ1n) is 8.13. The van der Waals surface area contributed by atoms with Crippen molar-refractivity contribution in [2.75, 3.05) is 31.6 Å². The number of ether oxygens (including phenoxy) is 1. The van der Waals surface area contributed by atoms with Gasteiger partial charge in [-0.15, -0.1) is 0 Å². The number of nitrogens with one attached hydrogen (secondary N) is 3. The van der Waals surface area contributed by atoms with Crippen molar-refractivity contribution < 1.29 is 18.7 Å². The predicted molar refractivity (Wildman–Crippen MR) is 98.2 cm³/mol. The molecule has 25 heavy (non-hydrogen) atoms. The normalized spacial score (nSPS) is 24.6. The molecule has 2 heterocycles. The van der Waals surface area contributed by atoms with Crippen molar-refractivity contribution in [3.05, 3.63) is 27.6 Å². The van der Waals surface area contributed by atoms with E-state index in [1.807, 2.05) is 22.6 Å². The molecule has 0 bridgehead atoms. The Labute approximate surface area is 158 Å². The highest BCUT2D eigenvalue weighted by molar-refractivity contribution is 14.1. The number of hydrogen-bond acceptors (Lipinski definition) is 5. The molecule has 2 aliphatic rings. The van der Waals surface area contributed by atoms with Crippen LogP contribution in [0, 0.1) is 9.39 Å². The fourth-order valence-electron chi connectivity index (χ4n) is 2.97. The van der Waals surface area contributed by atoms with Crippen LogP contribution in [0.4, 0.5) is 10.1 Å². The van der Waals surface area contributed by atoms with Gasteiger partial charge in [0.2, 0.25) is 11.8 Å². The molecule has 2 atom stereocenters. The van der Waals surface area contributed by atoms with E-state index in [-0.39, 0.29) is 30.2 Å². The lowest BCUT2D eigenvalue weighted by Crippen LogP contribution is -2.63. The van der Waals surface area contributed by atoms with E-state index in [1.54, 1.807) is 6.07 Å². The van der Waals surface area contributed by atoms with Crippen LogP contribution in [0.15, 0.2) is 18.2 Å². The first-order valence-corrected chi connectivity index (χ1v) is 9.21. The molecular weight excluding hydrogens is 442 g/mol. The molecule has 0 aromatic heterocycles. The van der Waals surface area contributed by atoms with Crippen molar-refractivity contribution >= 4 is 40.1 Å². The molecule has 1 aromatic carbocycles. The topological polar surface area (TPSA) is 82.7 Å². The van der Waals surface area contributed by atoms with E-state index in [9.17, 15) is 14.0 Å². The highest BCUT2D eigenvalue weighted by Gasteiger charge is 2.31. The van der Waals surface area contributed by atoms with Crippen molar-refractivity contribution in [3.8, 4) is 0 Å². The van der Waals surface area contributed by atoms with Gasteiger partial charge in [-0.25, -0.2) is 4.39 Å². The maximum absolute atomic E-state index is 13.3. The van der Waals surface area contributed by atoms with Crippen LogP contribution in [0.25, 0.3) is 0 Å². The van der Waals surface area contributed by atoms with Gasteiger partial charge in [0.25, 0.3) is 0 Å². The summed E-state index contributed by atoms with van der Waals surface area (Å²) >= 11 is 1.87. The average Bonchev–Trinajstić information content (AvgIpc) is 2.58. The van der Waals surface area contributed by atoms with E-state index >= 15 is 0 Å². The molecule has 7 nitrogen and oxygen atoms in total. The summed E-state index contributed by atoms with van der Waals surface area (Å²) in [6, 6.07) is 4.39. The summed E-state index contributed by atoms with van der Waals surface area (Å²) in [5, 5.41) is 8.83. The molecule has 3 rings (SSSR count). The van der Waals surface area contributed by atoms with Crippen molar-refractivity contribution in [1.82, 2.24) is 15.5 Å². The van der Waals surface area contributed by atoms with Crippen LogP contribution >= 0.6 is 22.6 Å². The number of carbonyl (C=O) groups is 2. The third kappa shape index (κ3) is 5.09. The maximum atomic E-state index is 13.3. The van der Waals surface area contributed by atoms with Crippen molar-refractivity contribution in [3.63, 3.8) is 0 Å². The maximum Gasteiger partial charge on any atom is 0.227 e. The van der Waals surface area contributed by atoms with E-state index in [0.717, 1.165) is 13.1 Å². The molecule has 3 N–H and O–H groups in total. The lowest BCUT2D eigenvalue weighted by Gasteiger charge is -2.40. The highest BCUT2D eigenvalue weighted by Crippen LogP contribution is 2.17. The Balaban J connectivity index is 1.56. The van der Waals surface area contributed by atoms with Gasteiger partial charge < -0.3 is 15.4 Å². The monoisotopic (exact) mass is 462 g/mol. The Morgan fingerprint density at radius 3 is 2.88 bits per heavy atom. The van der Waals surface area contributed by atoms with Crippen molar-refractivity contribution in [2.45, 2.75) is 25.2 Å². The predicted octanol–water partition coefficient (Wildman–Crippen LogP) is 0.853. The summed E-state index contributed by atoms with van der Waals surface area (Å²) in [4.78, 5) is 26.4. The largest absolute Gasteiger partial charge is 0.379 e. The van der Waals surface area contributed by atoms with E-state index in [2.05, 4.69) is 20.9 Å². The van der Waals surface area contributed by atoms with Crippen LogP contribution < -0.4 is 16.0 Å². The molecule has 1 aromatic rings. The number of anilines is 1. The average molecular weight is 462 g/mol. The highest BCUT2D eigenvalue weighted by atomic mass is 127. The zero-order valence-corrected chi connectivity index (χ0v) is 15.7. The first-order chi connectivity index (χ1) is 12.0. The summed E-state index contributed by atoms with van der Waals surface area (Å²) in [5.74, 6) is -0.652. The van der Waals surface area contributed by atoms with E-state index in [4.69, 9.17) is 4.74 Å². The fourth-order valence-corrected chi connectivity index (χ4v) is 3.48. The van der Waals surface area contributed by atoms with E-state index < -0.39 is 6.17 Å². The van der Waals surface area contributed by atoms with Gasteiger partial charge in [-0.2, -0.15) is 0 Å². The van der Waals surface area contributed by atoms with Crippen LogP contribution in [0.2, 0.25) is 0 Å². The summed E-state index contributed by atoms with van der Waals surface area (Å²) in [5.41, 5.74) is 0.530. The zero-order valence-electron chi connectivity index (χ0n) is 13.6. The minimum Gasteiger partial charge on any atom is -0.379 e. The van der Waals surface area contributed by atoms with Gasteiger partial charge in [0, 0.05) is 18.8 Å². The van der Waals surface area contributed by atoms with Crippen LogP contribution in [0.3, 0.4) is 0 Å². The number of benzene rings is 1. The van der Waals surface area contributed by atoms with Gasteiger partial charge in [0.05, 0.1) is 42.0 Å². The van der Waals surface area contributed by atoms with Crippen LogP contribution in [0.5, 0.6) is 0 Å². The Hall–Kier alpha value is -1.30. The minimum atomic E-state index is -0.436. The molecule has 2 fully saturated rings. The summed E-state index contributed by atoms with van der Waals surface area (Å²) < 4.78 is 19.0. The van der Waals surface area contributed by atoms with Gasteiger partial charge >= 0.3 is 0 Å². The number of nitrogens with zero attached hydrogens (tertiary/aromatic N) is 1. The number of carbonyl (C=O) groups excluding carboxylic acids is 2. The first kappa shape index (κ1) is 18.5. The zero-order chi connectivity index (χ0) is 17.8. The summed E-state index contributed by atoms with van der Waals surface area (Å²) in [6.45, 7) is 2.82. The van der Waals surface area contributed by atoms with Gasteiger partial charge in [0.1, 0.15) is 5.82 Å². The molecule has 2 aliphatic heterocycles. The quantitative estimate of drug-likeness (QED) is 0.579. The van der Waals surface area contributed by atoms with E-state index in [0.29, 0.717) is 28.9 Å². The second kappa shape index (κ2) is 8.39. The molecule has 2 saturated heterocycles. The number of rotatable bonds is 4. The number of halogens is 2. The van der Waals surface area contributed by atoms with Gasteiger partial charge in [0.15, 0.2) is 0 Å². The Bertz CT molecular complexity index is 654. The van der Waals surface area contributed by atoms with Gasteiger partial charge in [-0.1, -0.05) is 0 Å². The molecule has 136 valence electrons. The van der Waals surface area contributed by atoms with Crippen molar-refractivity contribution in [2.24, 2.45) is 0 Å². The molecule has 0 aliphatic carbocycles. The number of hydrogen-bond donors (Lipinski definition) is 3. The molecule has 2 unspecified atom stereocenters. The smallest absolute Gasteiger partial charge is 0.227 e. The Kier molecular flexibility index (Phi) is 6.20. The standard InChI is InChI=1S/C16H20FIN4O3/c17-11-2-1-10(7-12(11)18)19-15(23)8-13-20-14(9-16(24)21-13)22-3-5-25-6-4-22/h1-2,7,13-14,20H,3-6,8-9H2,(H,19,23)(H,21,24). The lowest BCUT2D eigenvalue weighted by molar-refractivity contribution is -0.128. The minimum absolute atomic E-state index is 0.0793. The van der Waals surface area contributed by atoms with Crippen molar-refractivity contribution in [1.29, 1.82) is 0 Å². The molecule has 0 saturated carbocycles. The SMILES string of the molecule is O=C(CC1NC(=O)CC(N2CCOCC2)N1)Nc1ccc(F)c(I)c1. The fraction of sp³-hybridized carbons (Fsp3) is 0.500. The van der Waals surface area contributed by atoms with Gasteiger partial charge in [-0.05, 0) is 40.8 Å². The second-order valence-corrected chi connectivity index (χ2v) is 7.20. The van der Waals surface area contributed by atoms with Gasteiger partial charge in [-0.3, -0.25) is 19.8 Å². The summed E-state index contributed by atoms with van der Waals surface area (Å²) in [6.07, 6.45) is -0.0784. The van der Waals surface area contributed by atoms with Crippen LogP contribution in [-0.2, 0) is 14.3 Å². The molecule has 2 amide bonds. The van der Waals surface area contributed by atoms with E-state index in [1.165, 1.54) is 12.1 Å². The second-order valence-electron chi connectivity index (χ2n) is 6.04. The molecule has 0 spiro atoms. The molecular formula is C16H20FIN4O3. The van der Waals surface area contributed by atoms with Crippen LogP contribution in [0.1, 0.15) is 12.8 Å². The molecule has 9 heteroatoms. The third-order valence-electron chi connectivity index (χ3n) is 4.19. The summed E-state index contributed by atoms with van der Waals surface area (Å²) in [7, 11) is 0. The lowest BCUT2D eigenvalue weighted by atomic mass is 10.1.